The molecule has 0 radical (unpaired) electrons. The van der Waals surface area contributed by atoms with Crippen LogP contribution >= 0.6 is 0 Å². The van der Waals surface area contributed by atoms with Crippen molar-refractivity contribution in [3.05, 3.63) is 0 Å². The van der Waals surface area contributed by atoms with Crippen molar-refractivity contribution in [3.63, 3.8) is 0 Å². The molecule has 5 fully saturated rings. The molecular formula is C26H42N2O2. The first-order valence-corrected chi connectivity index (χ1v) is 13.1. The first kappa shape index (κ1) is 20.8. The Bertz CT molecular complexity index is 599. The zero-order valence-electron chi connectivity index (χ0n) is 19.1. The molecule has 8 unspecified atom stereocenters. The van der Waals surface area contributed by atoms with Crippen LogP contribution in [0.3, 0.4) is 0 Å². The highest BCUT2D eigenvalue weighted by Gasteiger charge is 2.44. The first-order valence-electron chi connectivity index (χ1n) is 13.1. The molecule has 4 nitrogen and oxygen atoms in total. The van der Waals surface area contributed by atoms with E-state index in [1.54, 1.807) is 0 Å². The lowest BCUT2D eigenvalue weighted by atomic mass is 9.79. The smallest absolute Gasteiger partial charge is 0.223 e. The number of hydrogen-bond donors (Lipinski definition) is 2. The highest BCUT2D eigenvalue weighted by atomic mass is 16.2. The molecule has 2 amide bonds. The number of rotatable bonds is 6. The molecule has 5 saturated carbocycles. The largest absolute Gasteiger partial charge is 0.353 e. The number of nitrogens with one attached hydrogen (secondary N) is 2. The fourth-order valence-corrected chi connectivity index (χ4v) is 8.33. The van der Waals surface area contributed by atoms with Gasteiger partial charge in [0.1, 0.15) is 0 Å². The van der Waals surface area contributed by atoms with Crippen molar-refractivity contribution in [1.82, 2.24) is 10.6 Å². The maximum atomic E-state index is 12.9. The second-order valence-electron chi connectivity index (χ2n) is 11.8. The third kappa shape index (κ3) is 4.05. The predicted octanol–water partition coefficient (Wildman–Crippen LogP) is 4.67. The number of carbonyl (C=O) groups is 2. The summed E-state index contributed by atoms with van der Waals surface area (Å²) in [5.74, 6) is 5.66. The van der Waals surface area contributed by atoms with Crippen LogP contribution in [-0.2, 0) is 9.59 Å². The Balaban J connectivity index is 1.05. The summed E-state index contributed by atoms with van der Waals surface area (Å²) in [5.41, 5.74) is 0. The lowest BCUT2D eigenvalue weighted by Gasteiger charge is -2.33. The maximum Gasteiger partial charge on any atom is 0.223 e. The van der Waals surface area contributed by atoms with E-state index in [-0.39, 0.29) is 23.7 Å². The fourth-order valence-electron chi connectivity index (χ4n) is 8.33. The Kier molecular flexibility index (Phi) is 5.88. The lowest BCUT2D eigenvalue weighted by Crippen LogP contribution is -2.46. The average molecular weight is 415 g/mol. The van der Waals surface area contributed by atoms with Crippen molar-refractivity contribution in [2.75, 3.05) is 0 Å². The van der Waals surface area contributed by atoms with Crippen LogP contribution in [0.5, 0.6) is 0 Å². The van der Waals surface area contributed by atoms with Gasteiger partial charge in [-0.25, -0.2) is 0 Å². The Morgan fingerprint density at radius 2 is 1.00 bits per heavy atom. The molecule has 4 bridgehead atoms. The summed E-state index contributed by atoms with van der Waals surface area (Å²) in [5, 5.41) is 6.73. The standard InChI is InChI=1S/C26H42N2O2/c1-15(23-13-17-3-5-21(23)11-17)27-25(29)19-7-9-20(10-8-19)26(30)28-16(2)24-14-18-4-6-22(24)12-18/h15-24H,3-14H2,1-2H3,(H,27,29)(H,28,30). The molecular weight excluding hydrogens is 372 g/mol. The first-order chi connectivity index (χ1) is 14.5. The zero-order chi connectivity index (χ0) is 20.8. The minimum atomic E-state index is 0.109. The van der Waals surface area contributed by atoms with Crippen molar-refractivity contribution in [3.8, 4) is 0 Å². The number of carbonyl (C=O) groups excluding carboxylic acids is 2. The van der Waals surface area contributed by atoms with Gasteiger partial charge in [-0.15, -0.1) is 0 Å². The summed E-state index contributed by atoms with van der Waals surface area (Å²) < 4.78 is 0. The summed E-state index contributed by atoms with van der Waals surface area (Å²) >= 11 is 0. The number of hydrogen-bond acceptors (Lipinski definition) is 2. The van der Waals surface area contributed by atoms with Crippen molar-refractivity contribution < 1.29 is 9.59 Å². The summed E-state index contributed by atoms with van der Waals surface area (Å²) in [6, 6.07) is 0.632. The minimum absolute atomic E-state index is 0.109. The van der Waals surface area contributed by atoms with Crippen LogP contribution < -0.4 is 10.6 Å². The molecule has 2 N–H and O–H groups in total. The van der Waals surface area contributed by atoms with Crippen LogP contribution in [0, 0.1) is 47.3 Å². The number of fused-ring (bicyclic) bond motifs is 4. The monoisotopic (exact) mass is 414 g/mol. The van der Waals surface area contributed by atoms with E-state index in [0.717, 1.165) is 49.4 Å². The molecule has 0 aromatic carbocycles. The van der Waals surface area contributed by atoms with E-state index in [4.69, 9.17) is 0 Å². The maximum absolute atomic E-state index is 12.9. The van der Waals surface area contributed by atoms with Crippen LogP contribution in [0.4, 0.5) is 0 Å². The predicted molar refractivity (Wildman–Crippen MR) is 119 cm³/mol. The van der Waals surface area contributed by atoms with E-state index in [2.05, 4.69) is 24.5 Å². The molecule has 4 heteroatoms. The third-order valence-electron chi connectivity index (χ3n) is 10.1. The minimum Gasteiger partial charge on any atom is -0.353 e. The van der Waals surface area contributed by atoms with E-state index in [9.17, 15) is 9.59 Å². The highest BCUT2D eigenvalue weighted by Crippen LogP contribution is 2.50. The van der Waals surface area contributed by atoms with Gasteiger partial charge < -0.3 is 10.6 Å². The molecule has 168 valence electrons. The quantitative estimate of drug-likeness (QED) is 0.663. The van der Waals surface area contributed by atoms with Crippen LogP contribution in [0.2, 0.25) is 0 Å². The fraction of sp³-hybridized carbons (Fsp3) is 0.923. The SMILES string of the molecule is CC(NC(=O)C1CCC(C(=O)NC(C)C2CC3CCC2C3)CC1)C1CC2CCC1C2. The van der Waals surface area contributed by atoms with Crippen molar-refractivity contribution in [2.45, 2.75) is 103 Å². The van der Waals surface area contributed by atoms with Gasteiger partial charge in [0, 0.05) is 23.9 Å². The van der Waals surface area contributed by atoms with Gasteiger partial charge >= 0.3 is 0 Å². The molecule has 0 saturated heterocycles. The molecule has 30 heavy (non-hydrogen) atoms. The summed E-state index contributed by atoms with van der Waals surface area (Å²) in [7, 11) is 0. The van der Waals surface area contributed by atoms with Crippen LogP contribution in [0.25, 0.3) is 0 Å². The van der Waals surface area contributed by atoms with Crippen molar-refractivity contribution >= 4 is 11.8 Å². The summed E-state index contributed by atoms with van der Waals surface area (Å²) in [6.07, 6.45) is 14.5. The van der Waals surface area contributed by atoms with E-state index >= 15 is 0 Å². The van der Waals surface area contributed by atoms with Gasteiger partial charge in [0.2, 0.25) is 11.8 Å². The van der Waals surface area contributed by atoms with Gasteiger partial charge in [0.05, 0.1) is 0 Å². The molecule has 0 spiro atoms. The van der Waals surface area contributed by atoms with Crippen molar-refractivity contribution in [1.29, 1.82) is 0 Å². The van der Waals surface area contributed by atoms with Gasteiger partial charge in [-0.1, -0.05) is 12.8 Å². The zero-order valence-corrected chi connectivity index (χ0v) is 19.1. The van der Waals surface area contributed by atoms with E-state index < -0.39 is 0 Å². The van der Waals surface area contributed by atoms with Crippen LogP contribution in [0.15, 0.2) is 0 Å². The molecule has 0 aliphatic heterocycles. The topological polar surface area (TPSA) is 58.2 Å². The average Bonchev–Trinajstić information content (AvgIpc) is 3.55. The van der Waals surface area contributed by atoms with E-state index in [1.165, 1.54) is 51.4 Å². The van der Waals surface area contributed by atoms with E-state index in [0.29, 0.717) is 23.9 Å². The van der Waals surface area contributed by atoms with Gasteiger partial charge in [-0.05, 0) is 114 Å². The van der Waals surface area contributed by atoms with Gasteiger partial charge in [0.25, 0.3) is 0 Å². The number of amides is 2. The lowest BCUT2D eigenvalue weighted by molar-refractivity contribution is -0.131. The molecule has 0 heterocycles. The molecule has 5 aliphatic carbocycles. The van der Waals surface area contributed by atoms with E-state index in [1.807, 2.05) is 0 Å². The Hall–Kier alpha value is -1.06. The highest BCUT2D eigenvalue weighted by molar-refractivity contribution is 5.81. The normalized spacial score (nSPS) is 44.1. The van der Waals surface area contributed by atoms with Crippen LogP contribution in [-0.4, -0.2) is 23.9 Å². The second kappa shape index (κ2) is 8.47. The molecule has 0 aromatic rings. The van der Waals surface area contributed by atoms with Gasteiger partial charge in [-0.3, -0.25) is 9.59 Å². The van der Waals surface area contributed by atoms with Crippen LogP contribution in [0.1, 0.15) is 90.9 Å². The Morgan fingerprint density at radius 3 is 1.30 bits per heavy atom. The summed E-state index contributed by atoms with van der Waals surface area (Å²) in [6.45, 7) is 4.44. The van der Waals surface area contributed by atoms with Gasteiger partial charge in [-0.2, -0.15) is 0 Å². The molecule has 8 atom stereocenters. The van der Waals surface area contributed by atoms with Gasteiger partial charge in [0.15, 0.2) is 0 Å². The summed E-state index contributed by atoms with van der Waals surface area (Å²) in [4.78, 5) is 25.7. The molecule has 0 aromatic heterocycles. The molecule has 5 aliphatic rings. The Labute approximate surface area is 182 Å². The second-order valence-corrected chi connectivity index (χ2v) is 11.8. The molecule has 5 rings (SSSR count). The Morgan fingerprint density at radius 1 is 0.600 bits per heavy atom. The van der Waals surface area contributed by atoms with Crippen molar-refractivity contribution in [2.24, 2.45) is 47.3 Å². The third-order valence-corrected chi connectivity index (χ3v) is 10.1.